The maximum Gasteiger partial charge on any atom is 0.254 e. The van der Waals surface area contributed by atoms with Crippen LogP contribution in [0.25, 0.3) is 0 Å². The average molecular weight is 351 g/mol. The van der Waals surface area contributed by atoms with Gasteiger partial charge in [0.05, 0.1) is 6.61 Å². The van der Waals surface area contributed by atoms with E-state index in [1.165, 1.54) is 10.6 Å². The van der Waals surface area contributed by atoms with Crippen LogP contribution in [0.15, 0.2) is 23.1 Å². The number of methoxy groups -OCH3 is 1. The van der Waals surface area contributed by atoms with E-state index in [2.05, 4.69) is 4.90 Å². The van der Waals surface area contributed by atoms with Crippen LogP contribution in [0.4, 0.5) is 0 Å². The molecule has 2 rings (SSSR count). The molecule has 0 bridgehead atoms. The van der Waals surface area contributed by atoms with Crippen LogP contribution in [0, 0.1) is 11.8 Å². The summed E-state index contributed by atoms with van der Waals surface area (Å²) < 4.78 is 6.55. The van der Waals surface area contributed by atoms with Crippen molar-refractivity contribution in [1.29, 1.82) is 0 Å². The first-order valence-corrected chi connectivity index (χ1v) is 8.68. The van der Waals surface area contributed by atoms with Gasteiger partial charge in [-0.25, -0.2) is 0 Å². The van der Waals surface area contributed by atoms with Gasteiger partial charge in [0.15, 0.2) is 0 Å². The number of aliphatic hydroxyl groups is 1. The molecule has 1 fully saturated rings. The van der Waals surface area contributed by atoms with Crippen molar-refractivity contribution >= 4 is 5.91 Å². The number of likely N-dealkylation sites (tertiary alicyclic amines) is 1. The summed E-state index contributed by atoms with van der Waals surface area (Å²) in [5.74, 6) is 0.230. The van der Waals surface area contributed by atoms with Crippen LogP contribution in [0.3, 0.4) is 0 Å². The van der Waals surface area contributed by atoms with Crippen LogP contribution in [-0.4, -0.2) is 78.9 Å². The molecule has 1 aromatic rings. The van der Waals surface area contributed by atoms with E-state index >= 15 is 0 Å². The van der Waals surface area contributed by atoms with Crippen molar-refractivity contribution in [3.8, 4) is 0 Å². The lowest BCUT2D eigenvalue weighted by molar-refractivity contribution is 0.0450. The first kappa shape index (κ1) is 19.6. The molecule has 2 atom stereocenters. The number of aryl methyl sites for hydroxylation is 1. The summed E-state index contributed by atoms with van der Waals surface area (Å²) in [6.45, 7) is 3.59. The Balaban J connectivity index is 2.06. The summed E-state index contributed by atoms with van der Waals surface area (Å²) in [7, 11) is 5.38. The monoisotopic (exact) mass is 351 g/mol. The van der Waals surface area contributed by atoms with Gasteiger partial charge in [-0.05, 0) is 31.4 Å². The van der Waals surface area contributed by atoms with E-state index in [4.69, 9.17) is 4.74 Å². The first-order chi connectivity index (χ1) is 11.9. The van der Waals surface area contributed by atoms with Gasteiger partial charge in [-0.1, -0.05) is 0 Å². The van der Waals surface area contributed by atoms with Gasteiger partial charge in [0.25, 0.3) is 11.5 Å². The molecule has 7 nitrogen and oxygen atoms in total. The molecule has 0 saturated carbocycles. The average Bonchev–Trinajstić information content (AvgIpc) is 2.61. The van der Waals surface area contributed by atoms with Gasteiger partial charge in [-0.3, -0.25) is 9.59 Å². The highest BCUT2D eigenvalue weighted by atomic mass is 16.5. The zero-order valence-electron chi connectivity index (χ0n) is 15.4. The number of pyridine rings is 1. The third-order valence-corrected chi connectivity index (χ3v) is 4.77. The van der Waals surface area contributed by atoms with Crippen molar-refractivity contribution in [2.45, 2.75) is 6.42 Å². The second kappa shape index (κ2) is 9.12. The van der Waals surface area contributed by atoms with Crippen LogP contribution >= 0.6 is 0 Å². The van der Waals surface area contributed by atoms with Crippen molar-refractivity contribution in [3.05, 3.63) is 34.2 Å². The number of carbonyl (C=O) groups excluding carboxylic acids is 1. The van der Waals surface area contributed by atoms with E-state index in [0.717, 1.165) is 19.5 Å². The molecule has 0 aliphatic carbocycles. The summed E-state index contributed by atoms with van der Waals surface area (Å²) in [5, 5.41) is 9.61. The number of amides is 1. The molecule has 25 heavy (non-hydrogen) atoms. The highest BCUT2D eigenvalue weighted by Crippen LogP contribution is 2.23. The number of aromatic nitrogens is 1. The minimum Gasteiger partial charge on any atom is -0.396 e. The topological polar surface area (TPSA) is 75.0 Å². The normalized spacial score (nSPS) is 20.9. The van der Waals surface area contributed by atoms with E-state index < -0.39 is 0 Å². The second-order valence-electron chi connectivity index (χ2n) is 6.98. The van der Waals surface area contributed by atoms with E-state index in [1.807, 2.05) is 7.05 Å². The Kier molecular flexibility index (Phi) is 7.16. The summed E-state index contributed by atoms with van der Waals surface area (Å²) in [5.41, 5.74) is 0.214. The molecule has 1 aliphatic rings. The molecule has 0 aromatic carbocycles. The zero-order chi connectivity index (χ0) is 18.4. The fourth-order valence-electron chi connectivity index (χ4n) is 3.39. The Morgan fingerprint density at radius 3 is 2.76 bits per heavy atom. The Morgan fingerprint density at radius 2 is 2.12 bits per heavy atom. The van der Waals surface area contributed by atoms with Crippen molar-refractivity contribution < 1.29 is 14.6 Å². The molecule has 0 unspecified atom stereocenters. The van der Waals surface area contributed by atoms with Crippen LogP contribution < -0.4 is 5.56 Å². The highest BCUT2D eigenvalue weighted by molar-refractivity contribution is 5.94. The van der Waals surface area contributed by atoms with Gasteiger partial charge >= 0.3 is 0 Å². The third kappa shape index (κ3) is 5.39. The predicted octanol–water partition coefficient (Wildman–Crippen LogP) is 0.0341. The molecule has 140 valence electrons. The van der Waals surface area contributed by atoms with Gasteiger partial charge in [0.2, 0.25) is 0 Å². The van der Waals surface area contributed by atoms with Crippen LogP contribution in [-0.2, 0) is 11.8 Å². The Morgan fingerprint density at radius 1 is 1.40 bits per heavy atom. The van der Waals surface area contributed by atoms with Crippen molar-refractivity contribution in [2.75, 3.05) is 53.6 Å². The van der Waals surface area contributed by atoms with Gasteiger partial charge in [0, 0.05) is 64.8 Å². The number of hydrogen-bond acceptors (Lipinski definition) is 5. The van der Waals surface area contributed by atoms with Crippen molar-refractivity contribution in [3.63, 3.8) is 0 Å². The fourth-order valence-corrected chi connectivity index (χ4v) is 3.39. The number of piperidine rings is 1. The molecule has 1 aliphatic heterocycles. The minimum atomic E-state index is -0.197. The Bertz CT molecular complexity index is 631. The quantitative estimate of drug-likeness (QED) is 0.750. The lowest BCUT2D eigenvalue weighted by Gasteiger charge is -2.38. The SMILES string of the molecule is COCCN(C)C[C@@H]1C[C@H](CO)CN(C(=O)c2ccn(C)c(=O)c2)C1. The molecular formula is C18H29N3O4. The summed E-state index contributed by atoms with van der Waals surface area (Å²) in [6, 6.07) is 3.05. The largest absolute Gasteiger partial charge is 0.396 e. The molecular weight excluding hydrogens is 322 g/mol. The van der Waals surface area contributed by atoms with E-state index in [0.29, 0.717) is 31.2 Å². The smallest absolute Gasteiger partial charge is 0.254 e. The lowest BCUT2D eigenvalue weighted by atomic mass is 9.89. The third-order valence-electron chi connectivity index (χ3n) is 4.77. The van der Waals surface area contributed by atoms with E-state index in [-0.39, 0.29) is 24.0 Å². The number of carbonyl (C=O) groups is 1. The van der Waals surface area contributed by atoms with Crippen molar-refractivity contribution in [1.82, 2.24) is 14.4 Å². The maximum atomic E-state index is 12.8. The number of ether oxygens (including phenoxy) is 1. The maximum absolute atomic E-state index is 12.8. The second-order valence-corrected chi connectivity index (χ2v) is 6.98. The predicted molar refractivity (Wildman–Crippen MR) is 95.6 cm³/mol. The molecule has 7 heteroatoms. The van der Waals surface area contributed by atoms with Gasteiger partial charge in [0.1, 0.15) is 0 Å². The molecule has 0 spiro atoms. The Hall–Kier alpha value is -1.70. The molecule has 2 heterocycles. The first-order valence-electron chi connectivity index (χ1n) is 8.68. The molecule has 1 saturated heterocycles. The van der Waals surface area contributed by atoms with E-state index in [1.54, 1.807) is 31.3 Å². The number of nitrogens with zero attached hydrogens (tertiary/aromatic N) is 3. The molecule has 1 N–H and O–H groups in total. The van der Waals surface area contributed by atoms with Gasteiger partial charge in [-0.15, -0.1) is 0 Å². The summed E-state index contributed by atoms with van der Waals surface area (Å²) in [6.07, 6.45) is 2.51. The molecule has 1 amide bonds. The van der Waals surface area contributed by atoms with E-state index in [9.17, 15) is 14.7 Å². The standard InChI is InChI=1S/C18H29N3O4/c1-19(6-7-25-3)10-14-8-15(13-22)12-21(11-14)18(24)16-4-5-20(2)17(23)9-16/h4-5,9,14-15,22H,6-8,10-13H2,1-3H3/t14-,15-/m0/s1. The number of aliphatic hydroxyl groups excluding tert-OH is 1. The summed E-state index contributed by atoms with van der Waals surface area (Å²) >= 11 is 0. The van der Waals surface area contributed by atoms with Crippen molar-refractivity contribution in [2.24, 2.45) is 18.9 Å². The van der Waals surface area contributed by atoms with Crippen LogP contribution in [0.1, 0.15) is 16.8 Å². The fraction of sp³-hybridized carbons (Fsp3) is 0.667. The minimum absolute atomic E-state index is 0.0681. The van der Waals surface area contributed by atoms with Gasteiger partial charge in [-0.2, -0.15) is 0 Å². The number of likely N-dealkylation sites (N-methyl/N-ethyl adjacent to an activating group) is 1. The summed E-state index contributed by atoms with van der Waals surface area (Å²) in [4.78, 5) is 28.5. The number of hydrogen-bond donors (Lipinski definition) is 1. The highest BCUT2D eigenvalue weighted by Gasteiger charge is 2.30. The number of rotatable bonds is 7. The van der Waals surface area contributed by atoms with Crippen LogP contribution in [0.5, 0.6) is 0 Å². The molecule has 0 radical (unpaired) electrons. The molecule has 1 aromatic heterocycles. The zero-order valence-corrected chi connectivity index (χ0v) is 15.4. The Labute approximate surface area is 148 Å². The lowest BCUT2D eigenvalue weighted by Crippen LogP contribution is -2.48. The van der Waals surface area contributed by atoms with Crippen LogP contribution in [0.2, 0.25) is 0 Å². The van der Waals surface area contributed by atoms with Gasteiger partial charge < -0.3 is 24.2 Å².